The van der Waals surface area contributed by atoms with Crippen LogP contribution in [0, 0.1) is 5.41 Å². The fraction of sp³-hybridized carbons (Fsp3) is 0.688. The summed E-state index contributed by atoms with van der Waals surface area (Å²) in [5.74, 6) is 0.825. The highest BCUT2D eigenvalue weighted by Gasteiger charge is 2.41. The minimum atomic E-state index is -0.759. The molecule has 0 radical (unpaired) electrons. The van der Waals surface area contributed by atoms with Gasteiger partial charge in [0.2, 0.25) is 0 Å². The first-order chi connectivity index (χ1) is 11.0. The Morgan fingerprint density at radius 2 is 2.13 bits per heavy atom. The molecule has 23 heavy (non-hydrogen) atoms. The highest BCUT2D eigenvalue weighted by atomic mass is 16.4. The number of hydrogen-bond donors (Lipinski definition) is 2. The molecule has 3 heterocycles. The first-order valence-electron chi connectivity index (χ1n) is 8.21. The molecule has 0 saturated carbocycles. The zero-order valence-electron chi connectivity index (χ0n) is 13.5. The smallest absolute Gasteiger partial charge is 0.311 e. The predicted octanol–water partition coefficient (Wildman–Crippen LogP) is 1.13. The molecule has 0 aromatic carbocycles. The van der Waals surface area contributed by atoms with Crippen molar-refractivity contribution in [2.75, 3.05) is 36.0 Å². The molecule has 0 aliphatic carbocycles. The maximum atomic E-state index is 11.4. The fourth-order valence-electron chi connectivity index (χ4n) is 3.49. The van der Waals surface area contributed by atoms with Gasteiger partial charge in [-0.25, -0.2) is 9.97 Å². The van der Waals surface area contributed by atoms with Crippen LogP contribution in [0.4, 0.5) is 11.6 Å². The van der Waals surface area contributed by atoms with Gasteiger partial charge in [-0.05, 0) is 32.6 Å². The topological polar surface area (TPSA) is 89.8 Å². The summed E-state index contributed by atoms with van der Waals surface area (Å²) in [6.07, 6.45) is 5.34. The van der Waals surface area contributed by atoms with Crippen molar-refractivity contribution in [2.24, 2.45) is 5.41 Å². The SMILES string of the molecule is CC1(C(=O)O)CCN(c2cc(N3CCCCC3CO)ncn2)C1. The second-order valence-electron chi connectivity index (χ2n) is 6.80. The Kier molecular flexibility index (Phi) is 4.39. The van der Waals surface area contributed by atoms with Crippen LogP contribution in [0.1, 0.15) is 32.6 Å². The van der Waals surface area contributed by atoms with Crippen molar-refractivity contribution in [2.45, 2.75) is 38.6 Å². The van der Waals surface area contributed by atoms with Crippen molar-refractivity contribution in [1.29, 1.82) is 0 Å². The standard InChI is InChI=1S/C16H24N4O3/c1-16(15(22)23)5-7-19(10-16)13-8-14(18-11-17-13)20-6-3-2-4-12(20)9-21/h8,11-12,21H,2-7,9-10H2,1H3,(H,22,23). The summed E-state index contributed by atoms with van der Waals surface area (Å²) in [5.41, 5.74) is -0.718. The minimum absolute atomic E-state index is 0.106. The monoisotopic (exact) mass is 320 g/mol. The van der Waals surface area contributed by atoms with E-state index in [4.69, 9.17) is 0 Å². The number of aliphatic carboxylic acids is 1. The molecule has 3 rings (SSSR count). The molecule has 1 aromatic heterocycles. The van der Waals surface area contributed by atoms with Crippen molar-refractivity contribution in [1.82, 2.24) is 9.97 Å². The molecular formula is C16H24N4O3. The van der Waals surface area contributed by atoms with Crippen LogP contribution in [0.3, 0.4) is 0 Å². The maximum absolute atomic E-state index is 11.4. The van der Waals surface area contributed by atoms with Crippen LogP contribution >= 0.6 is 0 Å². The van der Waals surface area contributed by atoms with Crippen LogP contribution in [0.15, 0.2) is 12.4 Å². The summed E-state index contributed by atoms with van der Waals surface area (Å²) in [6.45, 7) is 3.93. The van der Waals surface area contributed by atoms with Crippen LogP contribution in [0.5, 0.6) is 0 Å². The number of aliphatic hydroxyl groups is 1. The molecule has 2 unspecified atom stereocenters. The number of nitrogens with zero attached hydrogens (tertiary/aromatic N) is 4. The van der Waals surface area contributed by atoms with Crippen LogP contribution in [-0.2, 0) is 4.79 Å². The molecule has 2 fully saturated rings. The normalized spacial score (nSPS) is 28.2. The largest absolute Gasteiger partial charge is 0.481 e. The van der Waals surface area contributed by atoms with Gasteiger partial charge in [-0.3, -0.25) is 4.79 Å². The molecule has 7 heteroatoms. The Hall–Kier alpha value is -1.89. The van der Waals surface area contributed by atoms with E-state index in [-0.39, 0.29) is 12.6 Å². The van der Waals surface area contributed by atoms with Crippen LogP contribution < -0.4 is 9.80 Å². The lowest BCUT2D eigenvalue weighted by molar-refractivity contribution is -0.146. The number of aliphatic hydroxyl groups excluding tert-OH is 1. The molecule has 126 valence electrons. The lowest BCUT2D eigenvalue weighted by Gasteiger charge is -2.35. The highest BCUT2D eigenvalue weighted by Crippen LogP contribution is 2.33. The number of anilines is 2. The van der Waals surface area contributed by atoms with Crippen molar-refractivity contribution in [3.05, 3.63) is 12.4 Å². The minimum Gasteiger partial charge on any atom is -0.481 e. The third-order valence-electron chi connectivity index (χ3n) is 5.08. The van der Waals surface area contributed by atoms with E-state index < -0.39 is 11.4 Å². The quantitative estimate of drug-likeness (QED) is 0.859. The molecule has 2 saturated heterocycles. The zero-order chi connectivity index (χ0) is 16.4. The number of piperidine rings is 1. The number of carbonyl (C=O) groups is 1. The average Bonchev–Trinajstić information content (AvgIpc) is 2.99. The van der Waals surface area contributed by atoms with Gasteiger partial charge in [0.15, 0.2) is 0 Å². The van der Waals surface area contributed by atoms with E-state index in [1.807, 2.05) is 11.0 Å². The lowest BCUT2D eigenvalue weighted by Crippen LogP contribution is -2.42. The van der Waals surface area contributed by atoms with Gasteiger partial charge in [-0.1, -0.05) is 0 Å². The first kappa shape index (κ1) is 16.0. The Bertz CT molecular complexity index is 582. The summed E-state index contributed by atoms with van der Waals surface area (Å²) < 4.78 is 0. The first-order valence-corrected chi connectivity index (χ1v) is 8.21. The molecule has 0 amide bonds. The highest BCUT2D eigenvalue weighted by molar-refractivity contribution is 5.76. The van der Waals surface area contributed by atoms with Gasteiger partial charge in [-0.15, -0.1) is 0 Å². The van der Waals surface area contributed by atoms with E-state index in [1.54, 1.807) is 6.92 Å². The summed E-state index contributed by atoms with van der Waals surface area (Å²) in [6, 6.07) is 2.02. The van der Waals surface area contributed by atoms with E-state index in [1.165, 1.54) is 6.33 Å². The van der Waals surface area contributed by atoms with E-state index in [9.17, 15) is 15.0 Å². The van der Waals surface area contributed by atoms with Crippen molar-refractivity contribution in [3.63, 3.8) is 0 Å². The fourth-order valence-corrected chi connectivity index (χ4v) is 3.49. The second-order valence-corrected chi connectivity index (χ2v) is 6.80. The number of rotatable bonds is 4. The Morgan fingerprint density at radius 1 is 1.35 bits per heavy atom. The van der Waals surface area contributed by atoms with E-state index in [2.05, 4.69) is 14.9 Å². The summed E-state index contributed by atoms with van der Waals surface area (Å²) in [7, 11) is 0. The number of hydrogen-bond acceptors (Lipinski definition) is 6. The van der Waals surface area contributed by atoms with Gasteiger partial charge >= 0.3 is 5.97 Å². The third kappa shape index (κ3) is 3.10. The molecular weight excluding hydrogens is 296 g/mol. The predicted molar refractivity (Wildman–Crippen MR) is 86.7 cm³/mol. The molecule has 7 nitrogen and oxygen atoms in total. The molecule has 1 aromatic rings. The number of carboxylic acid groups (broad SMARTS) is 1. The molecule has 2 atom stereocenters. The Morgan fingerprint density at radius 3 is 2.83 bits per heavy atom. The van der Waals surface area contributed by atoms with E-state index in [0.29, 0.717) is 19.5 Å². The summed E-state index contributed by atoms with van der Waals surface area (Å²) >= 11 is 0. The van der Waals surface area contributed by atoms with E-state index >= 15 is 0 Å². The Balaban J connectivity index is 1.79. The molecule has 0 spiro atoms. The summed E-state index contributed by atoms with van der Waals surface area (Å²) in [5, 5.41) is 18.9. The molecule has 0 bridgehead atoms. The van der Waals surface area contributed by atoms with Gasteiger partial charge in [0.25, 0.3) is 0 Å². The lowest BCUT2D eigenvalue weighted by atomic mass is 9.90. The van der Waals surface area contributed by atoms with Crippen LogP contribution in [0.25, 0.3) is 0 Å². The van der Waals surface area contributed by atoms with Gasteiger partial charge in [0.1, 0.15) is 18.0 Å². The summed E-state index contributed by atoms with van der Waals surface area (Å²) in [4.78, 5) is 24.2. The maximum Gasteiger partial charge on any atom is 0.311 e. The van der Waals surface area contributed by atoms with Crippen LogP contribution in [-0.4, -0.2) is 58.4 Å². The van der Waals surface area contributed by atoms with Crippen LogP contribution in [0.2, 0.25) is 0 Å². The Labute approximate surface area is 136 Å². The van der Waals surface area contributed by atoms with E-state index in [0.717, 1.165) is 37.4 Å². The van der Waals surface area contributed by atoms with Crippen molar-refractivity contribution in [3.8, 4) is 0 Å². The average molecular weight is 320 g/mol. The van der Waals surface area contributed by atoms with Gasteiger partial charge in [-0.2, -0.15) is 0 Å². The molecule has 2 aliphatic heterocycles. The van der Waals surface area contributed by atoms with Gasteiger partial charge < -0.3 is 20.0 Å². The second kappa shape index (κ2) is 6.31. The zero-order valence-corrected chi connectivity index (χ0v) is 13.5. The molecule has 2 N–H and O–H groups in total. The van der Waals surface area contributed by atoms with Crippen molar-refractivity contribution < 1.29 is 15.0 Å². The molecule has 2 aliphatic rings. The van der Waals surface area contributed by atoms with Crippen molar-refractivity contribution >= 4 is 17.6 Å². The number of aromatic nitrogens is 2. The number of carboxylic acids is 1. The van der Waals surface area contributed by atoms with Gasteiger partial charge in [0, 0.05) is 25.7 Å². The third-order valence-corrected chi connectivity index (χ3v) is 5.08. The van der Waals surface area contributed by atoms with Gasteiger partial charge in [0.05, 0.1) is 18.1 Å².